The maximum atomic E-state index is 12.1. The minimum Gasteiger partial charge on any atom is -0.336 e. The highest BCUT2D eigenvalue weighted by Gasteiger charge is 2.23. The Morgan fingerprint density at radius 3 is 2.72 bits per heavy atom. The third-order valence-electron chi connectivity index (χ3n) is 2.84. The SMILES string of the molecule is O=C(c1cccc(=O)[nH]1)N1CCCS(=O)(=O)CC1. The zero-order chi connectivity index (χ0) is 13.2. The average Bonchev–Trinajstić information content (AvgIpc) is 2.49. The van der Waals surface area contributed by atoms with Crippen molar-refractivity contribution < 1.29 is 13.2 Å². The Bertz CT molecular complexity index is 605. The molecule has 0 aliphatic carbocycles. The van der Waals surface area contributed by atoms with Crippen molar-refractivity contribution in [2.45, 2.75) is 6.42 Å². The molecule has 7 heteroatoms. The van der Waals surface area contributed by atoms with E-state index in [1.807, 2.05) is 0 Å². The molecule has 1 saturated heterocycles. The number of hydrogen-bond acceptors (Lipinski definition) is 4. The van der Waals surface area contributed by atoms with Crippen molar-refractivity contribution in [1.29, 1.82) is 0 Å². The first-order valence-electron chi connectivity index (χ1n) is 5.67. The Morgan fingerprint density at radius 2 is 2.00 bits per heavy atom. The summed E-state index contributed by atoms with van der Waals surface area (Å²) in [4.78, 5) is 27.1. The number of H-pyrrole nitrogens is 1. The van der Waals surface area contributed by atoms with Crippen molar-refractivity contribution in [2.75, 3.05) is 24.6 Å². The van der Waals surface area contributed by atoms with E-state index >= 15 is 0 Å². The lowest BCUT2D eigenvalue weighted by molar-refractivity contribution is 0.0762. The van der Waals surface area contributed by atoms with E-state index in [0.717, 1.165) is 0 Å². The lowest BCUT2D eigenvalue weighted by Gasteiger charge is -2.19. The first-order chi connectivity index (χ1) is 8.48. The molecule has 2 rings (SSSR count). The minimum absolute atomic E-state index is 0.0180. The van der Waals surface area contributed by atoms with Gasteiger partial charge in [0.15, 0.2) is 9.84 Å². The fourth-order valence-corrected chi connectivity index (χ4v) is 3.16. The molecule has 1 N–H and O–H groups in total. The molecule has 1 aromatic rings. The van der Waals surface area contributed by atoms with Crippen LogP contribution in [0.25, 0.3) is 0 Å². The Labute approximate surface area is 105 Å². The molecule has 98 valence electrons. The number of amides is 1. The molecule has 0 atom stereocenters. The molecule has 0 radical (unpaired) electrons. The minimum atomic E-state index is -3.04. The summed E-state index contributed by atoms with van der Waals surface area (Å²) in [5, 5.41) is 0. The van der Waals surface area contributed by atoms with Crippen molar-refractivity contribution in [1.82, 2.24) is 9.88 Å². The van der Waals surface area contributed by atoms with Gasteiger partial charge in [-0.15, -0.1) is 0 Å². The van der Waals surface area contributed by atoms with E-state index in [0.29, 0.717) is 13.0 Å². The molecule has 0 spiro atoms. The molecule has 1 aliphatic rings. The van der Waals surface area contributed by atoms with Crippen LogP contribution in [0.2, 0.25) is 0 Å². The topological polar surface area (TPSA) is 87.3 Å². The summed E-state index contributed by atoms with van der Waals surface area (Å²) in [5.74, 6) is -0.234. The molecular formula is C11H14N2O4S. The van der Waals surface area contributed by atoms with Gasteiger partial charge in [0.1, 0.15) is 5.69 Å². The van der Waals surface area contributed by atoms with Gasteiger partial charge >= 0.3 is 0 Å². The molecule has 0 bridgehead atoms. The van der Waals surface area contributed by atoms with E-state index in [4.69, 9.17) is 0 Å². The standard InChI is InChI=1S/C11H14N2O4S/c14-10-4-1-3-9(12-10)11(15)13-5-2-7-18(16,17)8-6-13/h1,3-4H,2,5-8H2,(H,12,14). The fourth-order valence-electron chi connectivity index (χ4n) is 1.88. The third-order valence-corrected chi connectivity index (χ3v) is 4.56. The third kappa shape index (κ3) is 2.98. The fraction of sp³-hybridized carbons (Fsp3) is 0.455. The number of aromatic amines is 1. The molecule has 0 saturated carbocycles. The second-order valence-corrected chi connectivity index (χ2v) is 6.53. The summed E-state index contributed by atoms with van der Waals surface area (Å²) in [7, 11) is -3.04. The molecule has 18 heavy (non-hydrogen) atoms. The molecule has 1 amide bonds. The smallest absolute Gasteiger partial charge is 0.270 e. The zero-order valence-electron chi connectivity index (χ0n) is 9.76. The maximum absolute atomic E-state index is 12.1. The van der Waals surface area contributed by atoms with E-state index in [9.17, 15) is 18.0 Å². The average molecular weight is 270 g/mol. The van der Waals surface area contributed by atoms with Crippen LogP contribution in [0.5, 0.6) is 0 Å². The lowest BCUT2D eigenvalue weighted by Crippen LogP contribution is -2.34. The van der Waals surface area contributed by atoms with Crippen LogP contribution in [0.3, 0.4) is 0 Å². The molecule has 2 heterocycles. The van der Waals surface area contributed by atoms with Gasteiger partial charge in [-0.1, -0.05) is 6.07 Å². The van der Waals surface area contributed by atoms with E-state index in [-0.39, 0.29) is 35.2 Å². The number of nitrogens with one attached hydrogen (secondary N) is 1. The second kappa shape index (κ2) is 4.93. The van der Waals surface area contributed by atoms with Gasteiger partial charge in [-0.25, -0.2) is 8.42 Å². The summed E-state index contributed by atoms with van der Waals surface area (Å²) in [6.07, 6.45) is 0.436. The van der Waals surface area contributed by atoms with Crippen LogP contribution in [-0.4, -0.2) is 48.8 Å². The first-order valence-corrected chi connectivity index (χ1v) is 7.49. The van der Waals surface area contributed by atoms with Gasteiger partial charge in [0.2, 0.25) is 5.56 Å². The van der Waals surface area contributed by atoms with Gasteiger partial charge < -0.3 is 9.88 Å². The van der Waals surface area contributed by atoms with Crippen molar-refractivity contribution in [2.24, 2.45) is 0 Å². The predicted octanol–water partition coefficient (Wildman–Crippen LogP) is -0.364. The van der Waals surface area contributed by atoms with E-state index in [1.54, 1.807) is 0 Å². The predicted molar refractivity (Wildman–Crippen MR) is 66.2 cm³/mol. The summed E-state index contributed by atoms with van der Waals surface area (Å²) < 4.78 is 22.9. The van der Waals surface area contributed by atoms with Crippen molar-refractivity contribution in [3.63, 3.8) is 0 Å². The molecule has 1 aliphatic heterocycles. The Kier molecular flexibility index (Phi) is 3.51. The monoisotopic (exact) mass is 270 g/mol. The van der Waals surface area contributed by atoms with Crippen LogP contribution in [0, 0.1) is 0 Å². The number of aromatic nitrogens is 1. The van der Waals surface area contributed by atoms with Crippen LogP contribution < -0.4 is 5.56 Å². The van der Waals surface area contributed by atoms with Crippen LogP contribution in [0.4, 0.5) is 0 Å². The van der Waals surface area contributed by atoms with Gasteiger partial charge in [0.05, 0.1) is 11.5 Å². The second-order valence-electron chi connectivity index (χ2n) is 4.23. The quantitative estimate of drug-likeness (QED) is 0.754. The number of carbonyl (C=O) groups is 1. The van der Waals surface area contributed by atoms with Gasteiger partial charge in [-0.3, -0.25) is 9.59 Å². The number of pyridine rings is 1. The van der Waals surface area contributed by atoms with Crippen LogP contribution in [-0.2, 0) is 9.84 Å². The first kappa shape index (κ1) is 12.8. The van der Waals surface area contributed by atoms with Crippen molar-refractivity contribution in [3.05, 3.63) is 34.2 Å². The number of sulfone groups is 1. The van der Waals surface area contributed by atoms with Gasteiger partial charge in [0.25, 0.3) is 5.91 Å². The molecule has 1 aromatic heterocycles. The lowest BCUT2D eigenvalue weighted by atomic mass is 10.3. The summed E-state index contributed by atoms with van der Waals surface area (Å²) in [6, 6.07) is 4.34. The number of nitrogens with zero attached hydrogens (tertiary/aromatic N) is 1. The number of carbonyl (C=O) groups excluding carboxylic acids is 1. The Balaban J connectivity index is 2.17. The highest BCUT2D eigenvalue weighted by atomic mass is 32.2. The van der Waals surface area contributed by atoms with Crippen LogP contribution in [0.1, 0.15) is 16.9 Å². The summed E-state index contributed by atoms with van der Waals surface area (Å²) in [6.45, 7) is 0.576. The van der Waals surface area contributed by atoms with Crippen molar-refractivity contribution in [3.8, 4) is 0 Å². The molecular weight excluding hydrogens is 256 g/mol. The van der Waals surface area contributed by atoms with Gasteiger partial charge in [0, 0.05) is 19.2 Å². The van der Waals surface area contributed by atoms with E-state index < -0.39 is 9.84 Å². The summed E-state index contributed by atoms with van der Waals surface area (Å²) in [5.41, 5.74) is -0.148. The van der Waals surface area contributed by atoms with E-state index in [2.05, 4.69) is 4.98 Å². The highest BCUT2D eigenvalue weighted by Crippen LogP contribution is 2.08. The zero-order valence-corrected chi connectivity index (χ0v) is 10.6. The normalized spacial score (nSPS) is 19.2. The Hall–Kier alpha value is -1.63. The number of hydrogen-bond donors (Lipinski definition) is 1. The molecule has 0 aromatic carbocycles. The maximum Gasteiger partial charge on any atom is 0.270 e. The van der Waals surface area contributed by atoms with Gasteiger partial charge in [-0.05, 0) is 12.5 Å². The summed E-state index contributed by atoms with van der Waals surface area (Å²) >= 11 is 0. The van der Waals surface area contributed by atoms with E-state index in [1.165, 1.54) is 23.1 Å². The van der Waals surface area contributed by atoms with Gasteiger partial charge in [-0.2, -0.15) is 0 Å². The molecule has 0 unspecified atom stereocenters. The largest absolute Gasteiger partial charge is 0.336 e. The highest BCUT2D eigenvalue weighted by molar-refractivity contribution is 7.91. The Morgan fingerprint density at radius 1 is 1.22 bits per heavy atom. The van der Waals surface area contributed by atoms with Crippen LogP contribution in [0.15, 0.2) is 23.0 Å². The van der Waals surface area contributed by atoms with Crippen LogP contribution >= 0.6 is 0 Å². The molecule has 6 nitrogen and oxygen atoms in total. The molecule has 1 fully saturated rings. The van der Waals surface area contributed by atoms with Crippen molar-refractivity contribution >= 4 is 15.7 Å². The number of rotatable bonds is 1.